The Kier molecular flexibility index (Phi) is 3.78. The van der Waals surface area contributed by atoms with Gasteiger partial charge in [-0.1, -0.05) is 6.07 Å². The quantitative estimate of drug-likeness (QED) is 0.855. The van der Waals surface area contributed by atoms with E-state index in [1.54, 1.807) is 13.8 Å². The molecule has 2 rings (SSSR count). The van der Waals surface area contributed by atoms with Crippen molar-refractivity contribution in [1.82, 2.24) is 5.32 Å². The van der Waals surface area contributed by atoms with E-state index < -0.39 is 5.60 Å². The summed E-state index contributed by atoms with van der Waals surface area (Å²) in [6.45, 7) is 7.48. The van der Waals surface area contributed by atoms with Gasteiger partial charge in [-0.15, -0.1) is 0 Å². The molecule has 0 saturated heterocycles. The molecule has 1 atom stereocenters. The highest BCUT2D eigenvalue weighted by molar-refractivity contribution is 5.43. The number of benzene rings is 1. The van der Waals surface area contributed by atoms with Crippen molar-refractivity contribution in [2.45, 2.75) is 39.0 Å². The lowest BCUT2D eigenvalue weighted by molar-refractivity contribution is 0.0437. The molecule has 1 unspecified atom stereocenters. The Morgan fingerprint density at radius 1 is 1.28 bits per heavy atom. The molecule has 1 aromatic rings. The summed E-state index contributed by atoms with van der Waals surface area (Å²) in [4.78, 5) is 0. The fourth-order valence-electron chi connectivity index (χ4n) is 1.72. The van der Waals surface area contributed by atoms with Crippen LogP contribution in [-0.2, 0) is 6.54 Å². The van der Waals surface area contributed by atoms with E-state index in [1.165, 1.54) is 0 Å². The maximum Gasteiger partial charge on any atom is 0.161 e. The standard InChI is InChI=1S/C14H21NO3/c1-10(14(2,3)16)15-9-11-4-5-12-13(8-11)18-7-6-17-12/h4-5,8,10,15-16H,6-7,9H2,1-3H3. The van der Waals surface area contributed by atoms with Crippen LogP contribution in [-0.4, -0.2) is 30.0 Å². The maximum atomic E-state index is 9.85. The molecule has 1 aromatic carbocycles. The monoisotopic (exact) mass is 251 g/mol. The number of ether oxygens (including phenoxy) is 2. The molecule has 0 spiro atoms. The number of aliphatic hydroxyl groups is 1. The molecule has 1 aliphatic heterocycles. The minimum absolute atomic E-state index is 0.0192. The minimum Gasteiger partial charge on any atom is -0.486 e. The van der Waals surface area contributed by atoms with E-state index in [-0.39, 0.29) is 6.04 Å². The zero-order chi connectivity index (χ0) is 13.2. The number of hydrogen-bond donors (Lipinski definition) is 2. The molecular weight excluding hydrogens is 230 g/mol. The van der Waals surface area contributed by atoms with Crippen LogP contribution in [0, 0.1) is 0 Å². The van der Waals surface area contributed by atoms with Crippen molar-refractivity contribution in [1.29, 1.82) is 0 Å². The lowest BCUT2D eigenvalue weighted by atomic mass is 10.0. The number of nitrogens with one attached hydrogen (secondary N) is 1. The first kappa shape index (κ1) is 13.2. The van der Waals surface area contributed by atoms with E-state index in [0.29, 0.717) is 19.8 Å². The Labute approximate surface area is 108 Å². The molecule has 100 valence electrons. The molecule has 0 aromatic heterocycles. The average molecular weight is 251 g/mol. The molecule has 0 radical (unpaired) electrons. The van der Waals surface area contributed by atoms with Crippen LogP contribution in [0.5, 0.6) is 11.5 Å². The van der Waals surface area contributed by atoms with Gasteiger partial charge in [0.05, 0.1) is 5.60 Å². The molecule has 2 N–H and O–H groups in total. The first-order valence-corrected chi connectivity index (χ1v) is 6.31. The molecule has 18 heavy (non-hydrogen) atoms. The van der Waals surface area contributed by atoms with Crippen molar-refractivity contribution in [2.24, 2.45) is 0 Å². The predicted octanol–water partition coefficient (Wildman–Crippen LogP) is 1.71. The molecule has 1 heterocycles. The molecule has 0 aliphatic carbocycles. The zero-order valence-electron chi connectivity index (χ0n) is 11.2. The van der Waals surface area contributed by atoms with E-state index in [2.05, 4.69) is 5.32 Å². The van der Waals surface area contributed by atoms with Crippen LogP contribution in [0.4, 0.5) is 0 Å². The lowest BCUT2D eigenvalue weighted by Gasteiger charge is -2.27. The van der Waals surface area contributed by atoms with Crippen molar-refractivity contribution >= 4 is 0 Å². The predicted molar refractivity (Wildman–Crippen MR) is 70.0 cm³/mol. The summed E-state index contributed by atoms with van der Waals surface area (Å²) in [5, 5.41) is 13.1. The van der Waals surface area contributed by atoms with Gasteiger partial charge in [-0.2, -0.15) is 0 Å². The maximum absolute atomic E-state index is 9.85. The highest BCUT2D eigenvalue weighted by Crippen LogP contribution is 2.30. The Morgan fingerprint density at radius 2 is 1.94 bits per heavy atom. The fraction of sp³-hybridized carbons (Fsp3) is 0.571. The molecule has 4 nitrogen and oxygen atoms in total. The van der Waals surface area contributed by atoms with E-state index in [9.17, 15) is 5.11 Å². The second kappa shape index (κ2) is 5.16. The van der Waals surface area contributed by atoms with E-state index in [4.69, 9.17) is 9.47 Å². The molecule has 4 heteroatoms. The minimum atomic E-state index is -0.728. The second-order valence-electron chi connectivity index (χ2n) is 5.23. The van der Waals surface area contributed by atoms with Crippen LogP contribution < -0.4 is 14.8 Å². The van der Waals surface area contributed by atoms with Gasteiger partial charge in [0.25, 0.3) is 0 Å². The number of hydrogen-bond acceptors (Lipinski definition) is 4. The van der Waals surface area contributed by atoms with Crippen LogP contribution in [0.3, 0.4) is 0 Å². The summed E-state index contributed by atoms with van der Waals surface area (Å²) in [6, 6.07) is 5.95. The molecule has 1 aliphatic rings. The SMILES string of the molecule is CC(NCc1ccc2c(c1)OCCO2)C(C)(C)O. The van der Waals surface area contributed by atoms with E-state index in [0.717, 1.165) is 17.1 Å². The fourth-order valence-corrected chi connectivity index (χ4v) is 1.72. The van der Waals surface area contributed by atoms with Gasteiger partial charge in [0.15, 0.2) is 11.5 Å². The average Bonchev–Trinajstić information content (AvgIpc) is 2.34. The highest BCUT2D eigenvalue weighted by atomic mass is 16.6. The Balaban J connectivity index is 1.98. The van der Waals surface area contributed by atoms with Gasteiger partial charge in [0.2, 0.25) is 0 Å². The van der Waals surface area contributed by atoms with Crippen molar-refractivity contribution < 1.29 is 14.6 Å². The first-order chi connectivity index (χ1) is 8.47. The lowest BCUT2D eigenvalue weighted by Crippen LogP contribution is -2.44. The van der Waals surface area contributed by atoms with Gasteiger partial charge in [0.1, 0.15) is 13.2 Å². The third kappa shape index (κ3) is 3.15. The van der Waals surface area contributed by atoms with Crippen molar-refractivity contribution in [2.75, 3.05) is 13.2 Å². The van der Waals surface area contributed by atoms with Crippen LogP contribution in [0.25, 0.3) is 0 Å². The third-order valence-electron chi connectivity index (χ3n) is 3.28. The van der Waals surface area contributed by atoms with Crippen LogP contribution in [0.1, 0.15) is 26.3 Å². The van der Waals surface area contributed by atoms with Gasteiger partial charge >= 0.3 is 0 Å². The Bertz CT molecular complexity index is 412. The van der Waals surface area contributed by atoms with E-state index >= 15 is 0 Å². The topological polar surface area (TPSA) is 50.7 Å². The van der Waals surface area contributed by atoms with Gasteiger partial charge in [-0.05, 0) is 38.5 Å². The first-order valence-electron chi connectivity index (χ1n) is 6.31. The highest BCUT2D eigenvalue weighted by Gasteiger charge is 2.21. The largest absolute Gasteiger partial charge is 0.486 e. The van der Waals surface area contributed by atoms with Gasteiger partial charge in [-0.25, -0.2) is 0 Å². The molecular formula is C14H21NO3. The molecule has 0 bridgehead atoms. The van der Waals surface area contributed by atoms with Crippen LogP contribution in [0.15, 0.2) is 18.2 Å². The Hall–Kier alpha value is -1.26. The summed E-state index contributed by atoms with van der Waals surface area (Å²) >= 11 is 0. The summed E-state index contributed by atoms with van der Waals surface area (Å²) in [5.41, 5.74) is 0.392. The second-order valence-corrected chi connectivity index (χ2v) is 5.23. The van der Waals surface area contributed by atoms with Crippen molar-refractivity contribution in [3.63, 3.8) is 0 Å². The van der Waals surface area contributed by atoms with Crippen molar-refractivity contribution in [3.05, 3.63) is 23.8 Å². The van der Waals surface area contributed by atoms with Crippen LogP contribution >= 0.6 is 0 Å². The van der Waals surface area contributed by atoms with Gasteiger partial charge in [0, 0.05) is 12.6 Å². The smallest absolute Gasteiger partial charge is 0.161 e. The number of rotatable bonds is 4. The number of fused-ring (bicyclic) bond motifs is 1. The zero-order valence-corrected chi connectivity index (χ0v) is 11.2. The van der Waals surface area contributed by atoms with E-state index in [1.807, 2.05) is 25.1 Å². The van der Waals surface area contributed by atoms with Crippen molar-refractivity contribution in [3.8, 4) is 11.5 Å². The van der Waals surface area contributed by atoms with Gasteiger partial charge in [-0.3, -0.25) is 0 Å². The summed E-state index contributed by atoms with van der Waals surface area (Å²) < 4.78 is 11.0. The van der Waals surface area contributed by atoms with Gasteiger partial charge < -0.3 is 19.9 Å². The summed E-state index contributed by atoms with van der Waals surface area (Å²) in [7, 11) is 0. The Morgan fingerprint density at radius 3 is 2.61 bits per heavy atom. The normalized spacial score (nSPS) is 16.4. The molecule has 0 amide bonds. The summed E-state index contributed by atoms with van der Waals surface area (Å²) in [5.74, 6) is 1.61. The molecule has 0 fully saturated rings. The molecule has 0 saturated carbocycles. The summed E-state index contributed by atoms with van der Waals surface area (Å²) in [6.07, 6.45) is 0. The third-order valence-corrected chi connectivity index (χ3v) is 3.28. The van der Waals surface area contributed by atoms with Crippen LogP contribution in [0.2, 0.25) is 0 Å².